The quantitative estimate of drug-likeness (QED) is 0.750. The summed E-state index contributed by atoms with van der Waals surface area (Å²) in [5.74, 6) is -3.94. The van der Waals surface area contributed by atoms with Crippen LogP contribution in [-0.2, 0) is 9.53 Å². The number of carbonyl (C=O) groups excluding carboxylic acids is 1. The summed E-state index contributed by atoms with van der Waals surface area (Å²) in [6.07, 6.45) is 3.66. The van der Waals surface area contributed by atoms with Crippen LogP contribution in [0.1, 0.15) is 32.1 Å². The smallest absolute Gasteiger partial charge is 0.377 e. The average Bonchev–Trinajstić information content (AvgIpc) is 2.94. The Balaban J connectivity index is 1.53. The Kier molecular flexibility index (Phi) is 3.95. The van der Waals surface area contributed by atoms with Gasteiger partial charge in [-0.25, -0.2) is 4.79 Å². The minimum absolute atomic E-state index is 0.440. The molecule has 6 heteroatoms. The van der Waals surface area contributed by atoms with Crippen molar-refractivity contribution in [1.29, 1.82) is 0 Å². The minimum Gasteiger partial charge on any atom is -0.456 e. The number of esters is 1. The largest absolute Gasteiger partial charge is 0.456 e. The van der Waals surface area contributed by atoms with Crippen molar-refractivity contribution in [2.24, 2.45) is 5.92 Å². The second-order valence-electron chi connectivity index (χ2n) is 6.39. The normalized spacial score (nSPS) is 32.9. The second-order valence-corrected chi connectivity index (χ2v) is 6.39. The number of rotatable bonds is 6. The van der Waals surface area contributed by atoms with Crippen molar-refractivity contribution >= 4 is 5.97 Å². The fourth-order valence-corrected chi connectivity index (χ4v) is 3.15. The van der Waals surface area contributed by atoms with Crippen molar-refractivity contribution in [3.8, 4) is 0 Å². The summed E-state index contributed by atoms with van der Waals surface area (Å²) in [4.78, 5) is 13.3. The summed E-state index contributed by atoms with van der Waals surface area (Å²) in [5.41, 5.74) is 0. The Morgan fingerprint density at radius 1 is 1.25 bits per heavy atom. The molecule has 1 aliphatic carbocycles. The van der Waals surface area contributed by atoms with Crippen LogP contribution >= 0.6 is 0 Å². The summed E-state index contributed by atoms with van der Waals surface area (Å²) in [6.45, 7) is 3.29. The van der Waals surface area contributed by atoms with Gasteiger partial charge in [0, 0.05) is 25.7 Å². The van der Waals surface area contributed by atoms with E-state index < -0.39 is 24.4 Å². The van der Waals surface area contributed by atoms with E-state index in [0.717, 1.165) is 26.1 Å². The number of nitrogens with zero attached hydrogens (tertiary/aromatic N) is 1. The van der Waals surface area contributed by atoms with Crippen LogP contribution < -0.4 is 5.32 Å². The Bertz CT molecular complexity index is 368. The highest BCUT2D eigenvalue weighted by atomic mass is 19.3. The number of carbonyl (C=O) groups is 1. The van der Waals surface area contributed by atoms with E-state index in [-0.39, 0.29) is 0 Å². The van der Waals surface area contributed by atoms with E-state index in [0.29, 0.717) is 18.5 Å². The maximum Gasteiger partial charge on any atom is 0.377 e. The highest BCUT2D eigenvalue weighted by molar-refractivity contribution is 5.79. The summed E-state index contributed by atoms with van der Waals surface area (Å²) in [5, 5.41) is 3.43. The number of hydrogen-bond donors (Lipinski definition) is 1. The molecule has 20 heavy (non-hydrogen) atoms. The van der Waals surface area contributed by atoms with Gasteiger partial charge in [0.05, 0.1) is 6.42 Å². The van der Waals surface area contributed by atoms with Crippen molar-refractivity contribution in [2.75, 3.05) is 26.2 Å². The van der Waals surface area contributed by atoms with Crippen molar-refractivity contribution in [2.45, 2.75) is 50.2 Å². The molecule has 0 aromatic carbocycles. The van der Waals surface area contributed by atoms with E-state index in [1.807, 2.05) is 0 Å². The van der Waals surface area contributed by atoms with Crippen LogP contribution in [0.25, 0.3) is 0 Å². The molecule has 1 N–H and O–H groups in total. The van der Waals surface area contributed by atoms with Gasteiger partial charge >= 0.3 is 11.9 Å². The third-order valence-corrected chi connectivity index (χ3v) is 4.37. The molecule has 0 aromatic heterocycles. The van der Waals surface area contributed by atoms with Crippen LogP contribution in [0.3, 0.4) is 0 Å². The molecule has 2 saturated heterocycles. The summed E-state index contributed by atoms with van der Waals surface area (Å²) in [6, 6.07) is 0.450. The SMILES string of the molecule is O=C1OC(CN(CC2CC2)CC2CCCN2)CC1(F)F. The predicted octanol–water partition coefficient (Wildman–Crippen LogP) is 1.40. The van der Waals surface area contributed by atoms with Gasteiger partial charge in [0.2, 0.25) is 0 Å². The molecule has 3 fully saturated rings. The fourth-order valence-electron chi connectivity index (χ4n) is 3.15. The van der Waals surface area contributed by atoms with Crippen LogP contribution in [0.4, 0.5) is 8.78 Å². The van der Waals surface area contributed by atoms with Gasteiger partial charge in [0.25, 0.3) is 0 Å². The number of halogens is 2. The van der Waals surface area contributed by atoms with Crippen LogP contribution in [0, 0.1) is 5.92 Å². The molecule has 114 valence electrons. The lowest BCUT2D eigenvalue weighted by atomic mass is 10.1. The molecule has 3 aliphatic rings. The second kappa shape index (κ2) is 5.56. The topological polar surface area (TPSA) is 41.6 Å². The summed E-state index contributed by atoms with van der Waals surface area (Å²) < 4.78 is 31.2. The third kappa shape index (κ3) is 3.47. The van der Waals surface area contributed by atoms with E-state index in [1.54, 1.807) is 0 Å². The van der Waals surface area contributed by atoms with Gasteiger partial charge in [0.15, 0.2) is 0 Å². The maximum atomic E-state index is 13.2. The first-order valence-corrected chi connectivity index (χ1v) is 7.57. The van der Waals surface area contributed by atoms with Crippen LogP contribution in [0.15, 0.2) is 0 Å². The molecule has 0 bridgehead atoms. The molecule has 2 unspecified atom stereocenters. The van der Waals surface area contributed by atoms with Crippen molar-refractivity contribution in [1.82, 2.24) is 10.2 Å². The minimum atomic E-state index is -3.29. The van der Waals surface area contributed by atoms with Gasteiger partial charge in [-0.15, -0.1) is 0 Å². The van der Waals surface area contributed by atoms with Crippen LogP contribution in [-0.4, -0.2) is 55.1 Å². The zero-order valence-corrected chi connectivity index (χ0v) is 11.6. The van der Waals surface area contributed by atoms with Crippen molar-refractivity contribution < 1.29 is 18.3 Å². The molecule has 2 aliphatic heterocycles. The van der Waals surface area contributed by atoms with Crippen LogP contribution in [0.5, 0.6) is 0 Å². The van der Waals surface area contributed by atoms with E-state index >= 15 is 0 Å². The first-order chi connectivity index (χ1) is 9.53. The Morgan fingerprint density at radius 3 is 2.60 bits per heavy atom. The van der Waals surface area contributed by atoms with Crippen molar-refractivity contribution in [3.63, 3.8) is 0 Å². The van der Waals surface area contributed by atoms with E-state index in [9.17, 15) is 13.6 Å². The zero-order valence-electron chi connectivity index (χ0n) is 11.6. The molecule has 4 nitrogen and oxygen atoms in total. The summed E-state index contributed by atoms with van der Waals surface area (Å²) >= 11 is 0. The average molecular weight is 288 g/mol. The number of nitrogens with one attached hydrogen (secondary N) is 1. The van der Waals surface area contributed by atoms with Gasteiger partial charge in [-0.2, -0.15) is 8.78 Å². The standard InChI is InChI=1S/C14H22F2N2O2/c15-14(16)6-12(20-13(14)19)9-18(7-10-3-4-10)8-11-2-1-5-17-11/h10-12,17H,1-9H2. The molecule has 0 aromatic rings. The Morgan fingerprint density at radius 2 is 2.05 bits per heavy atom. The molecular weight excluding hydrogens is 266 g/mol. The summed E-state index contributed by atoms with van der Waals surface area (Å²) in [7, 11) is 0. The van der Waals surface area contributed by atoms with E-state index in [2.05, 4.69) is 10.2 Å². The highest BCUT2D eigenvalue weighted by Crippen LogP contribution is 2.33. The first-order valence-electron chi connectivity index (χ1n) is 7.57. The molecule has 2 atom stereocenters. The maximum absolute atomic E-state index is 13.2. The van der Waals surface area contributed by atoms with Gasteiger partial charge in [0.1, 0.15) is 6.10 Å². The highest BCUT2D eigenvalue weighted by Gasteiger charge is 2.51. The molecule has 1 saturated carbocycles. The lowest BCUT2D eigenvalue weighted by Crippen LogP contribution is -2.42. The lowest BCUT2D eigenvalue weighted by molar-refractivity contribution is -0.159. The molecule has 0 radical (unpaired) electrons. The third-order valence-electron chi connectivity index (χ3n) is 4.37. The Hall–Kier alpha value is -0.750. The lowest BCUT2D eigenvalue weighted by Gasteiger charge is -2.27. The van der Waals surface area contributed by atoms with E-state index in [4.69, 9.17) is 4.74 Å². The molecule has 0 amide bonds. The van der Waals surface area contributed by atoms with Crippen LogP contribution in [0.2, 0.25) is 0 Å². The molecule has 2 heterocycles. The molecule has 0 spiro atoms. The van der Waals surface area contributed by atoms with E-state index in [1.165, 1.54) is 19.3 Å². The molecule has 3 rings (SSSR count). The van der Waals surface area contributed by atoms with Gasteiger partial charge in [-0.3, -0.25) is 4.90 Å². The number of alkyl halides is 2. The number of cyclic esters (lactones) is 1. The Labute approximate surface area is 117 Å². The van der Waals surface area contributed by atoms with Gasteiger partial charge < -0.3 is 10.1 Å². The van der Waals surface area contributed by atoms with Crippen molar-refractivity contribution in [3.05, 3.63) is 0 Å². The predicted molar refractivity (Wildman–Crippen MR) is 69.6 cm³/mol. The zero-order chi connectivity index (χ0) is 14.2. The molecular formula is C14H22F2N2O2. The monoisotopic (exact) mass is 288 g/mol. The fraction of sp³-hybridized carbons (Fsp3) is 0.929. The first kappa shape index (κ1) is 14.2. The van der Waals surface area contributed by atoms with Gasteiger partial charge in [-0.1, -0.05) is 0 Å². The van der Waals surface area contributed by atoms with Gasteiger partial charge in [-0.05, 0) is 38.1 Å². The number of ether oxygens (including phenoxy) is 1. The number of hydrogen-bond acceptors (Lipinski definition) is 4.